The van der Waals surface area contributed by atoms with Crippen LogP contribution in [0.1, 0.15) is 95.9 Å². The van der Waals surface area contributed by atoms with Crippen molar-refractivity contribution < 1.29 is 24.5 Å². The summed E-state index contributed by atoms with van der Waals surface area (Å²) in [6.45, 7) is 10.1. The number of ether oxygens (including phenoxy) is 1. The number of nitrogens with zero attached hydrogens (tertiary/aromatic N) is 2. The van der Waals surface area contributed by atoms with Gasteiger partial charge in [-0.05, 0) is 105 Å². The topological polar surface area (TPSA) is 90.3 Å². The molecule has 4 aliphatic carbocycles. The predicted molar refractivity (Wildman–Crippen MR) is 157 cm³/mol. The van der Waals surface area contributed by atoms with E-state index in [1.165, 1.54) is 22.3 Å². The van der Waals surface area contributed by atoms with Crippen molar-refractivity contribution in [1.82, 2.24) is 9.80 Å². The first-order valence-electron chi connectivity index (χ1n) is 15.6. The minimum Gasteiger partial charge on any atom is -0.444 e. The molecule has 6 rings (SSSR count). The van der Waals surface area contributed by atoms with Crippen LogP contribution in [-0.4, -0.2) is 69.8 Å². The number of aliphatic hydroxyl groups excluding tert-OH is 2. The summed E-state index contributed by atoms with van der Waals surface area (Å²) < 4.78 is 5.51. The Kier molecular flexibility index (Phi) is 7.44. The highest BCUT2D eigenvalue weighted by Crippen LogP contribution is 2.63. The number of aliphatic hydroxyl groups is 2. The second-order valence-electron chi connectivity index (χ2n) is 14.2. The Morgan fingerprint density at radius 2 is 1.73 bits per heavy atom. The Morgan fingerprint density at radius 3 is 2.41 bits per heavy atom. The summed E-state index contributed by atoms with van der Waals surface area (Å²) in [7, 11) is 0. The number of allylic oxidation sites excluding steroid dienone is 4. The molecule has 6 unspecified atom stereocenters. The third kappa shape index (κ3) is 5.30. The summed E-state index contributed by atoms with van der Waals surface area (Å²) >= 11 is 0. The van der Waals surface area contributed by atoms with Gasteiger partial charge in [0.05, 0.1) is 6.10 Å². The number of fused-ring (bicyclic) bond motifs is 4. The maximum atomic E-state index is 12.4. The molecule has 41 heavy (non-hydrogen) atoms. The number of hydrogen-bond acceptors (Lipinski definition) is 6. The molecule has 7 nitrogen and oxygen atoms in total. The molecule has 222 valence electrons. The van der Waals surface area contributed by atoms with Crippen molar-refractivity contribution in [1.29, 1.82) is 0 Å². The first-order chi connectivity index (χ1) is 19.4. The molecule has 1 aromatic carbocycles. The van der Waals surface area contributed by atoms with E-state index in [9.17, 15) is 19.8 Å². The van der Waals surface area contributed by atoms with Crippen LogP contribution in [0.15, 0.2) is 47.1 Å². The van der Waals surface area contributed by atoms with Crippen molar-refractivity contribution in [2.75, 3.05) is 26.2 Å². The number of rotatable bonds is 3. The number of carbonyl (C=O) groups is 2. The average Bonchev–Trinajstić information content (AvgIpc) is 3.25. The monoisotopic (exact) mass is 562 g/mol. The van der Waals surface area contributed by atoms with Crippen molar-refractivity contribution in [3.63, 3.8) is 0 Å². The van der Waals surface area contributed by atoms with Crippen LogP contribution in [0.2, 0.25) is 0 Å². The molecule has 1 saturated heterocycles. The molecule has 1 heterocycles. The van der Waals surface area contributed by atoms with Crippen molar-refractivity contribution in [3.8, 4) is 0 Å². The van der Waals surface area contributed by atoms with Crippen LogP contribution >= 0.6 is 0 Å². The highest BCUT2D eigenvalue weighted by atomic mass is 16.6. The van der Waals surface area contributed by atoms with Crippen molar-refractivity contribution >= 4 is 11.9 Å². The Balaban J connectivity index is 1.22. The zero-order chi connectivity index (χ0) is 29.1. The quantitative estimate of drug-likeness (QED) is 0.506. The van der Waals surface area contributed by atoms with E-state index in [1.807, 2.05) is 43.9 Å². The molecule has 1 aromatic rings. The van der Waals surface area contributed by atoms with E-state index in [1.54, 1.807) is 4.90 Å². The summed E-state index contributed by atoms with van der Waals surface area (Å²) in [6.07, 6.45) is 6.93. The van der Waals surface area contributed by atoms with Crippen LogP contribution in [0.5, 0.6) is 0 Å². The van der Waals surface area contributed by atoms with Gasteiger partial charge in [-0.2, -0.15) is 0 Å². The number of amides is 1. The Labute approximate surface area is 244 Å². The van der Waals surface area contributed by atoms with Gasteiger partial charge in [0.15, 0.2) is 5.78 Å². The summed E-state index contributed by atoms with van der Waals surface area (Å²) in [5.74, 6) is 1.42. The van der Waals surface area contributed by atoms with Gasteiger partial charge in [-0.25, -0.2) is 4.79 Å². The van der Waals surface area contributed by atoms with E-state index in [2.05, 4.69) is 19.1 Å². The predicted octanol–water partition coefficient (Wildman–Crippen LogP) is 5.49. The number of hydrogen-bond donors (Lipinski definition) is 2. The van der Waals surface area contributed by atoms with Gasteiger partial charge >= 0.3 is 6.09 Å². The molecule has 2 N–H and O–H groups in total. The summed E-state index contributed by atoms with van der Waals surface area (Å²) in [4.78, 5) is 28.4. The summed E-state index contributed by atoms with van der Waals surface area (Å²) in [6, 6.07) is 8.43. The van der Waals surface area contributed by atoms with Crippen molar-refractivity contribution in [2.24, 2.45) is 17.3 Å². The lowest BCUT2D eigenvalue weighted by Gasteiger charge is -2.52. The van der Waals surface area contributed by atoms with Crippen LogP contribution < -0.4 is 0 Å². The Bertz CT molecular complexity index is 1250. The number of piperazine rings is 1. The molecule has 5 aliphatic rings. The van der Waals surface area contributed by atoms with Gasteiger partial charge in [-0.3, -0.25) is 9.69 Å². The van der Waals surface area contributed by atoms with E-state index in [4.69, 9.17) is 4.74 Å². The minimum atomic E-state index is -0.738. The first kappa shape index (κ1) is 28.6. The van der Waals surface area contributed by atoms with E-state index < -0.39 is 11.8 Å². The largest absolute Gasteiger partial charge is 0.444 e. The smallest absolute Gasteiger partial charge is 0.410 e. The number of benzene rings is 1. The molecular weight excluding hydrogens is 516 g/mol. The van der Waals surface area contributed by atoms with Gasteiger partial charge in [0.1, 0.15) is 11.8 Å². The van der Waals surface area contributed by atoms with E-state index in [0.29, 0.717) is 44.4 Å². The highest BCUT2D eigenvalue weighted by molar-refractivity contribution is 5.93. The zero-order valence-electron chi connectivity index (χ0n) is 25.1. The zero-order valence-corrected chi connectivity index (χ0v) is 25.1. The molecule has 3 fully saturated rings. The normalized spacial score (nSPS) is 33.1. The van der Waals surface area contributed by atoms with Gasteiger partial charge < -0.3 is 19.8 Å². The molecule has 0 aromatic heterocycles. The molecule has 6 atom stereocenters. The maximum Gasteiger partial charge on any atom is 0.410 e. The first-order valence-corrected chi connectivity index (χ1v) is 15.6. The fourth-order valence-electron chi connectivity index (χ4n) is 8.52. The second kappa shape index (κ2) is 10.7. The van der Waals surface area contributed by atoms with Gasteiger partial charge in [-0.15, -0.1) is 0 Å². The van der Waals surface area contributed by atoms with E-state index >= 15 is 0 Å². The van der Waals surface area contributed by atoms with Crippen LogP contribution in [0.3, 0.4) is 0 Å². The average molecular weight is 563 g/mol. The third-order valence-corrected chi connectivity index (χ3v) is 10.6. The second-order valence-corrected chi connectivity index (χ2v) is 14.2. The van der Waals surface area contributed by atoms with Crippen LogP contribution in [0.25, 0.3) is 0 Å². The van der Waals surface area contributed by atoms with Gasteiger partial charge in [0.2, 0.25) is 0 Å². The molecule has 0 radical (unpaired) electrons. The van der Waals surface area contributed by atoms with E-state index in [0.717, 1.165) is 44.1 Å². The Morgan fingerprint density at radius 1 is 1.02 bits per heavy atom. The number of carbonyl (C=O) groups excluding carboxylic acids is 2. The van der Waals surface area contributed by atoms with Crippen LogP contribution in [0.4, 0.5) is 4.79 Å². The molecule has 0 spiro atoms. The standard InChI is InChI=1S/C34H46N2O5/c1-33(2,3)41-32(40)36-17-15-35(16-18-36)31(39)22-7-5-21(6-8-22)27-20-34(4)28(13-14-29(34)38)26-11-9-23-19-24(37)10-12-25(23)30(26)27/h5-8,19,26-29,31,38-39H,9-18,20H2,1-4H3. The fourth-order valence-corrected chi connectivity index (χ4v) is 8.52. The van der Waals surface area contributed by atoms with Crippen LogP contribution in [0, 0.1) is 17.3 Å². The van der Waals surface area contributed by atoms with Gasteiger partial charge in [-0.1, -0.05) is 36.8 Å². The fraction of sp³-hybridized carbons (Fsp3) is 0.647. The highest BCUT2D eigenvalue weighted by Gasteiger charge is 2.56. The van der Waals surface area contributed by atoms with Crippen molar-refractivity contribution in [3.05, 3.63) is 58.2 Å². The SMILES string of the molecule is CC(C)(C)OC(=O)N1CCN(C(O)c2ccc(C3CC4(C)C(O)CCC4C4CCC5=CC(=O)CCC5=C34)cc2)CC1. The van der Waals surface area contributed by atoms with E-state index in [-0.39, 0.29) is 29.3 Å². The van der Waals surface area contributed by atoms with Gasteiger partial charge in [0, 0.05) is 38.5 Å². The molecular formula is C34H46N2O5. The molecule has 1 aliphatic heterocycles. The number of ketones is 1. The Hall–Kier alpha value is -2.48. The summed E-state index contributed by atoms with van der Waals surface area (Å²) in [5, 5.41) is 22.4. The van der Waals surface area contributed by atoms with Crippen LogP contribution in [-0.2, 0) is 9.53 Å². The third-order valence-electron chi connectivity index (χ3n) is 10.6. The maximum absolute atomic E-state index is 12.4. The van der Waals surface area contributed by atoms with Gasteiger partial charge in [0.25, 0.3) is 0 Å². The molecule has 7 heteroatoms. The molecule has 2 saturated carbocycles. The molecule has 0 bridgehead atoms. The lowest BCUT2D eigenvalue weighted by atomic mass is 9.53. The minimum absolute atomic E-state index is 0.100. The lowest BCUT2D eigenvalue weighted by molar-refractivity contribution is -0.114. The molecule has 1 amide bonds. The summed E-state index contributed by atoms with van der Waals surface area (Å²) in [5.41, 5.74) is 5.65. The van der Waals surface area contributed by atoms with Crippen molar-refractivity contribution in [2.45, 2.75) is 96.5 Å². The lowest BCUT2D eigenvalue weighted by Crippen LogP contribution is -2.50.